The molecule has 0 saturated carbocycles. The van der Waals surface area contributed by atoms with Gasteiger partial charge >= 0.3 is 6.09 Å². The second-order valence-corrected chi connectivity index (χ2v) is 6.04. The SMILES string of the molecule is C#CC1CN(C(=O)OC(C)(C)C)CCN1c1ncc(O)cn1. The van der Waals surface area contributed by atoms with E-state index in [1.165, 1.54) is 12.4 Å². The number of aromatic hydroxyl groups is 1. The standard InChI is InChI=1S/C15H20N4O3/c1-5-11-10-18(14(21)22-15(2,3)4)6-7-19(11)13-16-8-12(20)9-17-13/h1,8-9,11,20H,6-7,10H2,2-4H3. The van der Waals surface area contributed by atoms with Crippen molar-refractivity contribution in [2.75, 3.05) is 24.5 Å². The summed E-state index contributed by atoms with van der Waals surface area (Å²) in [5.74, 6) is 3.08. The van der Waals surface area contributed by atoms with Gasteiger partial charge in [-0.1, -0.05) is 5.92 Å². The molecule has 0 spiro atoms. The zero-order valence-electron chi connectivity index (χ0n) is 13.0. The summed E-state index contributed by atoms with van der Waals surface area (Å²) in [6.45, 7) is 6.78. The fourth-order valence-corrected chi connectivity index (χ4v) is 2.12. The minimum Gasteiger partial charge on any atom is -0.505 e. The Balaban J connectivity index is 2.07. The summed E-state index contributed by atoms with van der Waals surface area (Å²) in [6, 6.07) is -0.342. The van der Waals surface area contributed by atoms with E-state index in [9.17, 15) is 9.90 Å². The smallest absolute Gasteiger partial charge is 0.410 e. The third kappa shape index (κ3) is 3.79. The van der Waals surface area contributed by atoms with Crippen LogP contribution in [0.1, 0.15) is 20.8 Å². The number of aromatic nitrogens is 2. The highest BCUT2D eigenvalue weighted by atomic mass is 16.6. The molecule has 1 amide bonds. The Hall–Kier alpha value is -2.49. The number of terminal acetylenes is 1. The zero-order chi connectivity index (χ0) is 16.3. The summed E-state index contributed by atoms with van der Waals surface area (Å²) in [6.07, 6.45) is 7.83. The maximum Gasteiger partial charge on any atom is 0.410 e. The first-order valence-corrected chi connectivity index (χ1v) is 7.02. The molecule has 2 rings (SSSR count). The lowest BCUT2D eigenvalue weighted by Crippen LogP contribution is -2.55. The highest BCUT2D eigenvalue weighted by Gasteiger charge is 2.32. The predicted molar refractivity (Wildman–Crippen MR) is 81.5 cm³/mol. The molecule has 2 heterocycles. The molecule has 1 saturated heterocycles. The van der Waals surface area contributed by atoms with Crippen LogP contribution in [-0.4, -0.2) is 57.3 Å². The molecule has 0 aromatic carbocycles. The summed E-state index contributed by atoms with van der Waals surface area (Å²) >= 11 is 0. The predicted octanol–water partition coefficient (Wildman–Crippen LogP) is 1.24. The number of hydrogen-bond acceptors (Lipinski definition) is 6. The van der Waals surface area contributed by atoms with Crippen molar-refractivity contribution in [3.63, 3.8) is 0 Å². The van der Waals surface area contributed by atoms with E-state index in [0.717, 1.165) is 0 Å². The monoisotopic (exact) mass is 304 g/mol. The van der Waals surface area contributed by atoms with Crippen molar-refractivity contribution >= 4 is 12.0 Å². The minimum absolute atomic E-state index is 0.00611. The summed E-state index contributed by atoms with van der Waals surface area (Å²) in [7, 11) is 0. The summed E-state index contributed by atoms with van der Waals surface area (Å²) in [5.41, 5.74) is -0.542. The van der Waals surface area contributed by atoms with Crippen molar-refractivity contribution < 1.29 is 14.6 Å². The molecule has 1 fully saturated rings. The van der Waals surface area contributed by atoms with Crippen LogP contribution in [0, 0.1) is 12.3 Å². The fraction of sp³-hybridized carbons (Fsp3) is 0.533. The molecular formula is C15H20N4O3. The van der Waals surface area contributed by atoms with Gasteiger partial charge < -0.3 is 19.6 Å². The third-order valence-corrected chi connectivity index (χ3v) is 3.11. The number of anilines is 1. The van der Waals surface area contributed by atoms with Crippen LogP contribution in [-0.2, 0) is 4.74 Å². The Morgan fingerprint density at radius 2 is 2.05 bits per heavy atom. The number of carbonyl (C=O) groups excluding carboxylic acids is 1. The summed E-state index contributed by atoms with van der Waals surface area (Å²) < 4.78 is 5.36. The first-order valence-electron chi connectivity index (χ1n) is 7.02. The quantitative estimate of drug-likeness (QED) is 0.787. The molecule has 7 nitrogen and oxygen atoms in total. The van der Waals surface area contributed by atoms with Gasteiger partial charge in [0.25, 0.3) is 0 Å². The van der Waals surface area contributed by atoms with Crippen molar-refractivity contribution in [1.29, 1.82) is 0 Å². The average Bonchev–Trinajstić information content (AvgIpc) is 2.45. The number of hydrogen-bond donors (Lipinski definition) is 1. The fourth-order valence-electron chi connectivity index (χ4n) is 2.12. The molecule has 1 aliphatic heterocycles. The molecule has 1 aliphatic rings. The molecule has 7 heteroatoms. The van der Waals surface area contributed by atoms with E-state index in [4.69, 9.17) is 11.2 Å². The van der Waals surface area contributed by atoms with Gasteiger partial charge in [0.2, 0.25) is 5.95 Å². The van der Waals surface area contributed by atoms with Crippen LogP contribution in [0.3, 0.4) is 0 Å². The number of carbonyl (C=O) groups is 1. The Morgan fingerprint density at radius 3 is 2.59 bits per heavy atom. The van der Waals surface area contributed by atoms with Crippen LogP contribution < -0.4 is 4.90 Å². The van der Waals surface area contributed by atoms with Crippen LogP contribution in [0.25, 0.3) is 0 Å². The first kappa shape index (κ1) is 15.9. The molecule has 1 aromatic rings. The first-order chi connectivity index (χ1) is 10.3. The normalized spacial score (nSPS) is 18.7. The topological polar surface area (TPSA) is 78.8 Å². The van der Waals surface area contributed by atoms with Crippen molar-refractivity contribution in [3.8, 4) is 18.1 Å². The lowest BCUT2D eigenvalue weighted by molar-refractivity contribution is 0.0226. The van der Waals surface area contributed by atoms with E-state index in [1.807, 2.05) is 25.7 Å². The van der Waals surface area contributed by atoms with Crippen LogP contribution >= 0.6 is 0 Å². The van der Waals surface area contributed by atoms with Gasteiger partial charge in [0.1, 0.15) is 11.6 Å². The molecule has 1 atom stereocenters. The summed E-state index contributed by atoms with van der Waals surface area (Å²) in [5, 5.41) is 9.25. The van der Waals surface area contributed by atoms with Crippen molar-refractivity contribution in [2.24, 2.45) is 0 Å². The molecule has 1 unspecified atom stereocenters. The average molecular weight is 304 g/mol. The number of amides is 1. The molecular weight excluding hydrogens is 284 g/mol. The third-order valence-electron chi connectivity index (χ3n) is 3.11. The highest BCUT2D eigenvalue weighted by molar-refractivity contribution is 5.69. The number of piperazine rings is 1. The van der Waals surface area contributed by atoms with Gasteiger partial charge in [-0.15, -0.1) is 6.42 Å². The van der Waals surface area contributed by atoms with E-state index in [2.05, 4.69) is 15.9 Å². The van der Waals surface area contributed by atoms with Crippen LogP contribution in [0.15, 0.2) is 12.4 Å². The molecule has 1 N–H and O–H groups in total. The van der Waals surface area contributed by atoms with Crippen LogP contribution in [0.4, 0.5) is 10.7 Å². The van der Waals surface area contributed by atoms with Gasteiger partial charge in [-0.2, -0.15) is 0 Å². The largest absolute Gasteiger partial charge is 0.505 e. The Labute approximate surface area is 129 Å². The van der Waals surface area contributed by atoms with Crippen LogP contribution in [0.5, 0.6) is 5.75 Å². The molecule has 22 heavy (non-hydrogen) atoms. The lowest BCUT2D eigenvalue weighted by atomic mass is 10.2. The summed E-state index contributed by atoms with van der Waals surface area (Å²) in [4.78, 5) is 23.7. The van der Waals surface area contributed by atoms with Gasteiger partial charge in [-0.25, -0.2) is 14.8 Å². The van der Waals surface area contributed by atoms with Crippen molar-refractivity contribution in [3.05, 3.63) is 12.4 Å². The molecule has 118 valence electrons. The molecule has 0 bridgehead atoms. The highest BCUT2D eigenvalue weighted by Crippen LogP contribution is 2.19. The number of rotatable bonds is 1. The molecule has 0 radical (unpaired) electrons. The van der Waals surface area contributed by atoms with Gasteiger partial charge in [0.05, 0.1) is 18.9 Å². The van der Waals surface area contributed by atoms with E-state index >= 15 is 0 Å². The van der Waals surface area contributed by atoms with Gasteiger partial charge in [0, 0.05) is 13.1 Å². The molecule has 1 aromatic heterocycles. The zero-order valence-corrected chi connectivity index (χ0v) is 13.0. The van der Waals surface area contributed by atoms with E-state index in [-0.39, 0.29) is 17.9 Å². The van der Waals surface area contributed by atoms with Gasteiger partial charge in [-0.3, -0.25) is 0 Å². The second kappa shape index (κ2) is 6.10. The van der Waals surface area contributed by atoms with E-state index in [0.29, 0.717) is 25.6 Å². The van der Waals surface area contributed by atoms with E-state index < -0.39 is 5.60 Å². The van der Waals surface area contributed by atoms with Crippen molar-refractivity contribution in [1.82, 2.24) is 14.9 Å². The minimum atomic E-state index is -0.542. The Bertz CT molecular complexity index is 574. The van der Waals surface area contributed by atoms with Crippen molar-refractivity contribution in [2.45, 2.75) is 32.4 Å². The lowest BCUT2D eigenvalue weighted by Gasteiger charge is -2.39. The number of ether oxygens (including phenoxy) is 1. The molecule has 0 aliphatic carbocycles. The maximum absolute atomic E-state index is 12.1. The van der Waals surface area contributed by atoms with Gasteiger partial charge in [-0.05, 0) is 20.8 Å². The second-order valence-electron chi connectivity index (χ2n) is 6.04. The van der Waals surface area contributed by atoms with E-state index in [1.54, 1.807) is 4.90 Å². The Kier molecular flexibility index (Phi) is 4.40. The Morgan fingerprint density at radius 1 is 1.41 bits per heavy atom. The number of nitrogens with zero attached hydrogens (tertiary/aromatic N) is 4. The van der Waals surface area contributed by atoms with Crippen LogP contribution in [0.2, 0.25) is 0 Å². The maximum atomic E-state index is 12.1. The van der Waals surface area contributed by atoms with Gasteiger partial charge in [0.15, 0.2) is 5.75 Å².